The molecule has 1 N–H and O–H groups in total. The van der Waals surface area contributed by atoms with Gasteiger partial charge in [0.2, 0.25) is 0 Å². The molecule has 0 fully saturated rings. The lowest BCUT2D eigenvalue weighted by atomic mass is 10.1. The first kappa shape index (κ1) is 13.5. The fourth-order valence-corrected chi connectivity index (χ4v) is 2.31. The second-order valence-corrected chi connectivity index (χ2v) is 4.98. The molecule has 0 unspecified atom stereocenters. The summed E-state index contributed by atoms with van der Waals surface area (Å²) < 4.78 is 11.0. The van der Waals surface area contributed by atoms with Crippen LogP contribution in [0.15, 0.2) is 42.5 Å². The lowest BCUT2D eigenvalue weighted by molar-refractivity contribution is 0.0949. The number of hydrogen-bond donors (Lipinski definition) is 1. The summed E-state index contributed by atoms with van der Waals surface area (Å²) >= 11 is 0. The van der Waals surface area contributed by atoms with E-state index in [2.05, 4.69) is 5.32 Å². The first-order chi connectivity index (χ1) is 10.2. The van der Waals surface area contributed by atoms with Crippen LogP contribution in [0.5, 0.6) is 11.5 Å². The molecule has 0 saturated carbocycles. The normalized spacial score (nSPS) is 12.8. The number of benzene rings is 2. The number of rotatable bonds is 3. The second-order valence-electron chi connectivity index (χ2n) is 4.98. The Balaban J connectivity index is 1.75. The van der Waals surface area contributed by atoms with Crippen molar-refractivity contribution in [2.24, 2.45) is 0 Å². The zero-order valence-corrected chi connectivity index (χ0v) is 11.9. The largest absolute Gasteiger partial charge is 0.486 e. The highest BCUT2D eigenvalue weighted by Crippen LogP contribution is 2.32. The van der Waals surface area contributed by atoms with Crippen LogP contribution in [0, 0.1) is 6.92 Å². The monoisotopic (exact) mass is 283 g/mol. The molecule has 0 atom stereocenters. The molecule has 21 heavy (non-hydrogen) atoms. The van der Waals surface area contributed by atoms with Crippen molar-refractivity contribution in [1.82, 2.24) is 5.32 Å². The molecule has 2 aromatic carbocycles. The van der Waals surface area contributed by atoms with Gasteiger partial charge < -0.3 is 14.8 Å². The highest BCUT2D eigenvalue weighted by molar-refractivity contribution is 5.96. The number of fused-ring (bicyclic) bond motifs is 1. The predicted octanol–water partition coefficient (Wildman–Crippen LogP) is 2.70. The molecule has 3 rings (SSSR count). The van der Waals surface area contributed by atoms with Crippen molar-refractivity contribution in [1.29, 1.82) is 0 Å². The van der Waals surface area contributed by atoms with E-state index < -0.39 is 0 Å². The van der Waals surface area contributed by atoms with E-state index in [-0.39, 0.29) is 5.91 Å². The number of carbonyl (C=O) groups excluding carboxylic acids is 1. The van der Waals surface area contributed by atoms with Gasteiger partial charge in [0, 0.05) is 12.1 Å². The van der Waals surface area contributed by atoms with Gasteiger partial charge in [-0.15, -0.1) is 0 Å². The van der Waals surface area contributed by atoms with Gasteiger partial charge in [-0.05, 0) is 30.2 Å². The molecule has 1 aliphatic heterocycles. The van der Waals surface area contributed by atoms with Gasteiger partial charge in [-0.25, -0.2) is 0 Å². The van der Waals surface area contributed by atoms with Gasteiger partial charge >= 0.3 is 0 Å². The molecule has 0 aromatic heterocycles. The number of amides is 1. The van der Waals surface area contributed by atoms with Crippen molar-refractivity contribution in [2.45, 2.75) is 13.5 Å². The van der Waals surface area contributed by atoms with E-state index in [1.54, 1.807) is 6.07 Å². The summed E-state index contributed by atoms with van der Waals surface area (Å²) in [4.78, 5) is 12.3. The average molecular weight is 283 g/mol. The molecule has 2 aromatic rings. The Morgan fingerprint density at radius 1 is 1.10 bits per heavy atom. The van der Waals surface area contributed by atoms with Crippen molar-refractivity contribution in [3.05, 3.63) is 59.2 Å². The summed E-state index contributed by atoms with van der Waals surface area (Å²) in [5.41, 5.74) is 2.57. The van der Waals surface area contributed by atoms with Crippen molar-refractivity contribution >= 4 is 5.91 Å². The van der Waals surface area contributed by atoms with Crippen LogP contribution in [0.25, 0.3) is 0 Å². The molecular formula is C17H17NO3. The lowest BCUT2D eigenvalue weighted by Gasteiger charge is -2.20. The first-order valence-corrected chi connectivity index (χ1v) is 6.96. The number of ether oxygens (including phenoxy) is 2. The highest BCUT2D eigenvalue weighted by Gasteiger charge is 2.17. The number of hydrogen-bond acceptors (Lipinski definition) is 3. The third-order valence-electron chi connectivity index (χ3n) is 3.43. The van der Waals surface area contributed by atoms with Crippen LogP contribution < -0.4 is 14.8 Å². The zero-order chi connectivity index (χ0) is 14.7. The van der Waals surface area contributed by atoms with Gasteiger partial charge in [0.05, 0.1) is 0 Å². The quantitative estimate of drug-likeness (QED) is 0.942. The molecule has 0 bridgehead atoms. The summed E-state index contributed by atoms with van der Waals surface area (Å²) in [5, 5.41) is 2.93. The molecule has 0 aliphatic carbocycles. The number of aryl methyl sites for hydroxylation is 1. The van der Waals surface area contributed by atoms with Crippen molar-refractivity contribution in [2.75, 3.05) is 13.2 Å². The van der Waals surface area contributed by atoms with Crippen LogP contribution >= 0.6 is 0 Å². The summed E-state index contributed by atoms with van der Waals surface area (Å²) in [6, 6.07) is 13.4. The third-order valence-corrected chi connectivity index (χ3v) is 3.43. The Morgan fingerprint density at radius 2 is 1.76 bits per heavy atom. The second kappa shape index (κ2) is 5.87. The molecule has 108 valence electrons. The van der Waals surface area contributed by atoms with E-state index in [1.807, 2.05) is 43.3 Å². The lowest BCUT2D eigenvalue weighted by Crippen LogP contribution is -2.24. The molecule has 1 aliphatic rings. The van der Waals surface area contributed by atoms with Crippen LogP contribution in [0.2, 0.25) is 0 Å². The average Bonchev–Trinajstić information content (AvgIpc) is 2.53. The van der Waals surface area contributed by atoms with Gasteiger partial charge in [0.15, 0.2) is 11.5 Å². The summed E-state index contributed by atoms with van der Waals surface area (Å²) in [5.74, 6) is 1.24. The van der Waals surface area contributed by atoms with E-state index in [0.717, 1.165) is 11.1 Å². The Kier molecular flexibility index (Phi) is 3.77. The Hall–Kier alpha value is -2.49. The summed E-state index contributed by atoms with van der Waals surface area (Å²) in [7, 11) is 0. The van der Waals surface area contributed by atoms with Gasteiger partial charge in [-0.2, -0.15) is 0 Å². The standard InChI is InChI=1S/C17H17NO3/c1-12-9-15-16(21-8-7-20-15)10-14(12)17(19)18-11-13-5-3-2-4-6-13/h2-6,9-10H,7-8,11H2,1H3,(H,18,19). The number of carbonyl (C=O) groups is 1. The molecular weight excluding hydrogens is 266 g/mol. The van der Waals surface area contributed by atoms with Gasteiger partial charge in [0.25, 0.3) is 5.91 Å². The molecule has 0 spiro atoms. The molecule has 1 heterocycles. The van der Waals surface area contributed by atoms with Crippen molar-refractivity contribution in [3.8, 4) is 11.5 Å². The molecule has 4 heteroatoms. The van der Waals surface area contributed by atoms with Crippen molar-refractivity contribution < 1.29 is 14.3 Å². The predicted molar refractivity (Wildman–Crippen MR) is 79.8 cm³/mol. The van der Waals surface area contributed by atoms with E-state index >= 15 is 0 Å². The molecule has 4 nitrogen and oxygen atoms in total. The van der Waals surface area contributed by atoms with Crippen molar-refractivity contribution in [3.63, 3.8) is 0 Å². The first-order valence-electron chi connectivity index (χ1n) is 6.96. The maximum absolute atomic E-state index is 12.3. The summed E-state index contributed by atoms with van der Waals surface area (Å²) in [6.07, 6.45) is 0. The Morgan fingerprint density at radius 3 is 2.48 bits per heavy atom. The SMILES string of the molecule is Cc1cc2c(cc1C(=O)NCc1ccccc1)OCCO2. The summed E-state index contributed by atoms with van der Waals surface area (Å²) in [6.45, 7) is 3.47. The van der Waals surface area contributed by atoms with Crippen LogP contribution in [-0.2, 0) is 6.54 Å². The van der Waals surface area contributed by atoms with Gasteiger partial charge in [0.1, 0.15) is 13.2 Å². The van der Waals surface area contributed by atoms with Gasteiger partial charge in [-0.3, -0.25) is 4.79 Å². The van der Waals surface area contributed by atoms with Crippen LogP contribution in [-0.4, -0.2) is 19.1 Å². The van der Waals surface area contributed by atoms with E-state index in [9.17, 15) is 4.79 Å². The van der Waals surface area contributed by atoms with Crippen LogP contribution in [0.1, 0.15) is 21.5 Å². The Labute approximate surface area is 123 Å². The number of nitrogens with one attached hydrogen (secondary N) is 1. The maximum Gasteiger partial charge on any atom is 0.251 e. The zero-order valence-electron chi connectivity index (χ0n) is 11.9. The highest BCUT2D eigenvalue weighted by atomic mass is 16.6. The maximum atomic E-state index is 12.3. The van der Waals surface area contributed by atoms with E-state index in [1.165, 1.54) is 0 Å². The smallest absolute Gasteiger partial charge is 0.251 e. The van der Waals surface area contributed by atoms with Gasteiger partial charge in [-0.1, -0.05) is 30.3 Å². The minimum Gasteiger partial charge on any atom is -0.486 e. The van der Waals surface area contributed by atoms with E-state index in [4.69, 9.17) is 9.47 Å². The topological polar surface area (TPSA) is 47.6 Å². The van der Waals surface area contributed by atoms with E-state index in [0.29, 0.717) is 36.8 Å². The molecule has 0 radical (unpaired) electrons. The molecule has 0 saturated heterocycles. The molecule has 1 amide bonds. The van der Waals surface area contributed by atoms with Crippen LogP contribution in [0.4, 0.5) is 0 Å². The fraction of sp³-hybridized carbons (Fsp3) is 0.235. The Bertz CT molecular complexity index is 653. The minimum atomic E-state index is -0.103. The van der Waals surface area contributed by atoms with Crippen LogP contribution in [0.3, 0.4) is 0 Å². The minimum absolute atomic E-state index is 0.103. The fourth-order valence-electron chi connectivity index (χ4n) is 2.31. The third kappa shape index (κ3) is 2.99.